The first kappa shape index (κ1) is 19.8. The Morgan fingerprint density at radius 1 is 1.21 bits per heavy atom. The molecule has 148 valence electrons. The third-order valence-electron chi connectivity index (χ3n) is 4.91. The van der Waals surface area contributed by atoms with Crippen molar-refractivity contribution in [3.05, 3.63) is 75.8 Å². The van der Waals surface area contributed by atoms with Crippen LogP contribution in [0.3, 0.4) is 0 Å². The minimum atomic E-state index is -0.791. The molecular formula is C21H24N2O5. The van der Waals surface area contributed by atoms with E-state index in [2.05, 4.69) is 0 Å². The van der Waals surface area contributed by atoms with Crippen molar-refractivity contribution >= 4 is 11.8 Å². The van der Waals surface area contributed by atoms with Crippen LogP contribution in [0.25, 0.3) is 0 Å². The Bertz CT molecular complexity index is 838. The Morgan fingerprint density at radius 3 is 2.61 bits per heavy atom. The number of carbonyl (C=O) groups is 1. The van der Waals surface area contributed by atoms with Gasteiger partial charge < -0.3 is 9.47 Å². The topological polar surface area (TPSA) is 81.9 Å². The predicted octanol–water partition coefficient (Wildman–Crippen LogP) is 4.30. The van der Waals surface area contributed by atoms with Crippen LogP contribution in [0, 0.1) is 10.1 Å². The molecule has 28 heavy (non-hydrogen) atoms. The summed E-state index contributed by atoms with van der Waals surface area (Å²) in [5.41, 5.74) is 0.861. The lowest BCUT2D eigenvalue weighted by Crippen LogP contribution is -2.48. The van der Waals surface area contributed by atoms with E-state index in [1.54, 1.807) is 23.1 Å². The summed E-state index contributed by atoms with van der Waals surface area (Å²) in [7, 11) is 0. The van der Waals surface area contributed by atoms with Gasteiger partial charge in [0.1, 0.15) is 12.3 Å². The van der Waals surface area contributed by atoms with Gasteiger partial charge >= 0.3 is 6.09 Å². The van der Waals surface area contributed by atoms with Gasteiger partial charge in [0.05, 0.1) is 17.6 Å². The van der Waals surface area contributed by atoms with Crippen LogP contribution in [0.1, 0.15) is 31.4 Å². The summed E-state index contributed by atoms with van der Waals surface area (Å²) < 4.78 is 11.3. The third kappa shape index (κ3) is 4.48. The second-order valence-electron chi connectivity index (χ2n) is 7.25. The number of nitro benzene ring substituents is 1. The van der Waals surface area contributed by atoms with E-state index in [1.165, 1.54) is 6.07 Å². The van der Waals surface area contributed by atoms with E-state index >= 15 is 0 Å². The molecule has 2 aromatic carbocycles. The minimum absolute atomic E-state index is 0.0962. The average Bonchev–Trinajstić information content (AvgIpc) is 2.99. The molecule has 2 aromatic rings. The summed E-state index contributed by atoms with van der Waals surface area (Å²) in [6.07, 6.45) is 0.581. The Morgan fingerprint density at radius 2 is 1.89 bits per heavy atom. The van der Waals surface area contributed by atoms with E-state index in [4.69, 9.17) is 9.47 Å². The summed E-state index contributed by atoms with van der Waals surface area (Å²) in [5, 5.41) is 11.2. The maximum Gasteiger partial charge on any atom is 0.412 e. The minimum Gasteiger partial charge on any atom is -0.444 e. The zero-order valence-corrected chi connectivity index (χ0v) is 16.0. The molecule has 0 aliphatic carbocycles. The molecule has 1 aliphatic rings. The van der Waals surface area contributed by atoms with E-state index in [-0.39, 0.29) is 23.3 Å². The zero-order valence-electron chi connectivity index (χ0n) is 16.0. The van der Waals surface area contributed by atoms with Gasteiger partial charge in [-0.15, -0.1) is 0 Å². The van der Waals surface area contributed by atoms with E-state index in [1.807, 2.05) is 44.2 Å². The first-order valence-electron chi connectivity index (χ1n) is 9.25. The van der Waals surface area contributed by atoms with Crippen LogP contribution in [0.2, 0.25) is 0 Å². The van der Waals surface area contributed by atoms with Crippen LogP contribution in [-0.2, 0) is 22.5 Å². The summed E-state index contributed by atoms with van der Waals surface area (Å²) in [6.45, 7) is 4.20. The smallest absolute Gasteiger partial charge is 0.412 e. The highest BCUT2D eigenvalue weighted by molar-refractivity contribution is 5.69. The highest BCUT2D eigenvalue weighted by Crippen LogP contribution is 2.31. The van der Waals surface area contributed by atoms with Crippen molar-refractivity contribution in [2.75, 3.05) is 6.61 Å². The van der Waals surface area contributed by atoms with Crippen LogP contribution >= 0.6 is 0 Å². The number of carbonyl (C=O) groups excluding carboxylic acids is 1. The zero-order chi connectivity index (χ0) is 20.1. The van der Waals surface area contributed by atoms with Crippen LogP contribution in [0.15, 0.2) is 54.6 Å². The summed E-state index contributed by atoms with van der Waals surface area (Å²) >= 11 is 0. The Labute approximate surface area is 164 Å². The fraction of sp³-hybridized carbons (Fsp3) is 0.381. The number of benzene rings is 2. The first-order valence-corrected chi connectivity index (χ1v) is 9.25. The van der Waals surface area contributed by atoms with Gasteiger partial charge in [0.25, 0.3) is 5.69 Å². The standard InChI is InChI=1S/C21H24N2O5/c1-21(2)22(20(24)27-14-16-8-4-3-5-9-16)18(15-28-21)13-12-17-10-6-7-11-19(17)23(25)26/h3-11,18H,12-15H2,1-2H3/t18-/m1/s1. The number of ether oxygens (including phenoxy) is 2. The number of hydrogen-bond donors (Lipinski definition) is 0. The first-order chi connectivity index (χ1) is 13.4. The molecular weight excluding hydrogens is 360 g/mol. The van der Waals surface area contributed by atoms with Crippen molar-refractivity contribution in [3.63, 3.8) is 0 Å². The van der Waals surface area contributed by atoms with Gasteiger partial charge in [0.15, 0.2) is 0 Å². The van der Waals surface area contributed by atoms with Gasteiger partial charge in [0.2, 0.25) is 0 Å². The van der Waals surface area contributed by atoms with E-state index < -0.39 is 11.8 Å². The monoisotopic (exact) mass is 384 g/mol. The maximum absolute atomic E-state index is 12.7. The molecule has 1 heterocycles. The highest BCUT2D eigenvalue weighted by Gasteiger charge is 2.44. The van der Waals surface area contributed by atoms with Crippen LogP contribution in [0.4, 0.5) is 10.5 Å². The van der Waals surface area contributed by atoms with Crippen molar-refractivity contribution in [2.45, 2.75) is 45.1 Å². The maximum atomic E-state index is 12.7. The van der Waals surface area contributed by atoms with Crippen molar-refractivity contribution in [2.24, 2.45) is 0 Å². The van der Waals surface area contributed by atoms with Gasteiger partial charge in [-0.3, -0.25) is 15.0 Å². The van der Waals surface area contributed by atoms with E-state index in [0.717, 1.165) is 5.56 Å². The molecule has 0 unspecified atom stereocenters. The molecule has 1 fully saturated rings. The van der Waals surface area contributed by atoms with Crippen LogP contribution in [0.5, 0.6) is 0 Å². The fourth-order valence-corrected chi connectivity index (χ4v) is 3.48. The number of rotatable bonds is 6. The molecule has 7 heteroatoms. The second-order valence-corrected chi connectivity index (χ2v) is 7.25. The number of nitro groups is 1. The second kappa shape index (κ2) is 8.39. The van der Waals surface area contributed by atoms with Crippen LogP contribution in [-0.4, -0.2) is 34.3 Å². The number of para-hydroxylation sites is 1. The summed E-state index contributed by atoms with van der Waals surface area (Å²) in [6, 6.07) is 15.9. The predicted molar refractivity (Wildman–Crippen MR) is 104 cm³/mol. The Hall–Kier alpha value is -2.93. The molecule has 0 aromatic heterocycles. The normalized spacial score (nSPS) is 18.1. The molecule has 0 bridgehead atoms. The molecule has 0 saturated carbocycles. The molecule has 0 N–H and O–H groups in total. The highest BCUT2D eigenvalue weighted by atomic mass is 16.6. The van der Waals surface area contributed by atoms with Crippen molar-refractivity contribution in [1.29, 1.82) is 0 Å². The van der Waals surface area contributed by atoms with Gasteiger partial charge in [0, 0.05) is 11.6 Å². The molecule has 1 saturated heterocycles. The van der Waals surface area contributed by atoms with Crippen molar-refractivity contribution in [1.82, 2.24) is 4.90 Å². The van der Waals surface area contributed by atoms with Gasteiger partial charge in [-0.05, 0) is 32.3 Å². The number of amides is 1. The van der Waals surface area contributed by atoms with Gasteiger partial charge in [-0.1, -0.05) is 48.5 Å². The average molecular weight is 384 g/mol. The molecule has 3 rings (SSSR count). The third-order valence-corrected chi connectivity index (χ3v) is 4.91. The summed E-state index contributed by atoms with van der Waals surface area (Å²) in [4.78, 5) is 25.2. The number of hydrogen-bond acceptors (Lipinski definition) is 5. The molecule has 1 aliphatic heterocycles. The van der Waals surface area contributed by atoms with Crippen molar-refractivity contribution in [3.8, 4) is 0 Å². The lowest BCUT2D eigenvalue weighted by molar-refractivity contribution is -0.385. The molecule has 0 spiro atoms. The number of nitrogens with zero attached hydrogens (tertiary/aromatic N) is 2. The molecule has 1 amide bonds. The van der Waals surface area contributed by atoms with Gasteiger partial charge in [-0.2, -0.15) is 0 Å². The number of aryl methyl sites for hydroxylation is 1. The molecule has 1 atom stereocenters. The quantitative estimate of drug-likeness (QED) is 0.548. The molecule has 7 nitrogen and oxygen atoms in total. The Kier molecular flexibility index (Phi) is 5.94. The van der Waals surface area contributed by atoms with Gasteiger partial charge in [-0.25, -0.2) is 4.79 Å². The SMILES string of the molecule is CC1(C)OC[C@@H](CCc2ccccc2[N+](=O)[O-])N1C(=O)OCc1ccccc1. The van der Waals surface area contributed by atoms with E-state index in [9.17, 15) is 14.9 Å². The lowest BCUT2D eigenvalue weighted by atomic mass is 10.0. The largest absolute Gasteiger partial charge is 0.444 e. The van der Waals surface area contributed by atoms with Crippen LogP contribution < -0.4 is 0 Å². The fourth-order valence-electron chi connectivity index (χ4n) is 3.48. The molecule has 0 radical (unpaired) electrons. The van der Waals surface area contributed by atoms with Crippen molar-refractivity contribution < 1.29 is 19.2 Å². The Balaban J connectivity index is 1.67. The van der Waals surface area contributed by atoms with E-state index in [0.29, 0.717) is 25.0 Å². The summed E-state index contributed by atoms with van der Waals surface area (Å²) in [5.74, 6) is 0. The lowest BCUT2D eigenvalue weighted by Gasteiger charge is -2.32.